The zero-order valence-corrected chi connectivity index (χ0v) is 13.7. The van der Waals surface area contributed by atoms with E-state index in [-0.39, 0.29) is 6.10 Å². The molecule has 0 radical (unpaired) electrons. The first-order valence-electron chi connectivity index (χ1n) is 6.16. The van der Waals surface area contributed by atoms with Crippen LogP contribution in [-0.2, 0) is 10.0 Å². The highest BCUT2D eigenvalue weighted by atomic mass is 79.9. The fraction of sp³-hybridized carbons (Fsp3) is 0.538. The van der Waals surface area contributed by atoms with Gasteiger partial charge in [0.15, 0.2) is 0 Å². The van der Waals surface area contributed by atoms with Gasteiger partial charge in [-0.15, -0.1) is 0 Å². The molecule has 1 aliphatic heterocycles. The SMILES string of the molecule is Cc1cc(OC2CCN(S(C)(=O)=O)C2)cc(C)c1Br. The molecule has 1 heterocycles. The van der Waals surface area contributed by atoms with E-state index >= 15 is 0 Å². The summed E-state index contributed by atoms with van der Waals surface area (Å²) < 4.78 is 31.3. The number of nitrogens with zero attached hydrogens (tertiary/aromatic N) is 1. The van der Waals surface area contributed by atoms with Gasteiger partial charge in [0.2, 0.25) is 10.0 Å². The molecule has 19 heavy (non-hydrogen) atoms. The first-order chi connectivity index (χ1) is 8.77. The Morgan fingerprint density at radius 2 is 1.89 bits per heavy atom. The summed E-state index contributed by atoms with van der Waals surface area (Å²) in [6.45, 7) is 5.01. The second-order valence-electron chi connectivity index (χ2n) is 5.02. The van der Waals surface area contributed by atoms with E-state index in [4.69, 9.17) is 4.74 Å². The van der Waals surface area contributed by atoms with Crippen LogP contribution in [0, 0.1) is 13.8 Å². The molecule has 0 saturated carbocycles. The van der Waals surface area contributed by atoms with Gasteiger partial charge < -0.3 is 4.74 Å². The predicted molar refractivity (Wildman–Crippen MR) is 79.1 cm³/mol. The van der Waals surface area contributed by atoms with Gasteiger partial charge in [0.25, 0.3) is 0 Å². The summed E-state index contributed by atoms with van der Waals surface area (Å²) in [6.07, 6.45) is 1.92. The third kappa shape index (κ3) is 3.49. The number of hydrogen-bond acceptors (Lipinski definition) is 3. The van der Waals surface area contributed by atoms with Gasteiger partial charge in [0.05, 0.1) is 12.8 Å². The van der Waals surface area contributed by atoms with Crippen molar-refractivity contribution < 1.29 is 13.2 Å². The molecule has 1 saturated heterocycles. The fourth-order valence-electron chi connectivity index (χ4n) is 2.26. The maximum atomic E-state index is 11.4. The third-order valence-electron chi connectivity index (χ3n) is 3.29. The van der Waals surface area contributed by atoms with Crippen LogP contribution in [0.3, 0.4) is 0 Å². The normalized spacial score (nSPS) is 20.7. The Balaban J connectivity index is 2.08. The van der Waals surface area contributed by atoms with E-state index in [9.17, 15) is 8.42 Å². The molecule has 106 valence electrons. The number of rotatable bonds is 3. The molecule has 0 bridgehead atoms. The molecule has 1 unspecified atom stereocenters. The molecule has 0 N–H and O–H groups in total. The lowest BCUT2D eigenvalue weighted by Gasteiger charge is -2.16. The molecule has 4 nitrogen and oxygen atoms in total. The number of hydrogen-bond donors (Lipinski definition) is 0. The molecule has 1 aromatic rings. The standard InChI is InChI=1S/C13H18BrNO3S/c1-9-6-12(7-10(2)13(9)14)18-11-4-5-15(8-11)19(3,16)17/h6-7,11H,4-5,8H2,1-3H3. The number of sulfonamides is 1. The number of ether oxygens (including phenoxy) is 1. The average molecular weight is 348 g/mol. The van der Waals surface area contributed by atoms with Crippen molar-refractivity contribution in [1.82, 2.24) is 4.31 Å². The van der Waals surface area contributed by atoms with Crippen molar-refractivity contribution in [2.75, 3.05) is 19.3 Å². The van der Waals surface area contributed by atoms with Crippen LogP contribution < -0.4 is 4.74 Å². The molecular weight excluding hydrogens is 330 g/mol. The highest BCUT2D eigenvalue weighted by Gasteiger charge is 2.29. The molecule has 0 spiro atoms. The van der Waals surface area contributed by atoms with Gasteiger partial charge in [0.1, 0.15) is 11.9 Å². The van der Waals surface area contributed by atoms with Crippen molar-refractivity contribution in [3.63, 3.8) is 0 Å². The Bertz CT molecular complexity index is 563. The van der Waals surface area contributed by atoms with Crippen molar-refractivity contribution in [1.29, 1.82) is 0 Å². The molecule has 0 amide bonds. The summed E-state index contributed by atoms with van der Waals surface area (Å²) in [5.41, 5.74) is 2.24. The Morgan fingerprint density at radius 1 is 1.32 bits per heavy atom. The van der Waals surface area contributed by atoms with E-state index in [1.54, 1.807) is 0 Å². The number of halogens is 1. The van der Waals surface area contributed by atoms with Gasteiger partial charge in [-0.1, -0.05) is 15.9 Å². The highest BCUT2D eigenvalue weighted by molar-refractivity contribution is 9.10. The predicted octanol–water partition coefficient (Wildman–Crippen LogP) is 2.48. The minimum absolute atomic E-state index is 0.0605. The van der Waals surface area contributed by atoms with Gasteiger partial charge in [-0.2, -0.15) is 4.31 Å². The maximum absolute atomic E-state index is 11.4. The monoisotopic (exact) mass is 347 g/mol. The van der Waals surface area contributed by atoms with Crippen LogP contribution in [0.4, 0.5) is 0 Å². The molecule has 6 heteroatoms. The van der Waals surface area contributed by atoms with Gasteiger partial charge >= 0.3 is 0 Å². The molecule has 2 rings (SSSR count). The van der Waals surface area contributed by atoms with Crippen LogP contribution in [0.25, 0.3) is 0 Å². The van der Waals surface area contributed by atoms with Crippen molar-refractivity contribution >= 4 is 26.0 Å². The molecule has 0 aliphatic carbocycles. The summed E-state index contributed by atoms with van der Waals surface area (Å²) in [5.74, 6) is 0.804. The fourth-order valence-corrected chi connectivity index (χ4v) is 3.36. The second kappa shape index (κ2) is 5.42. The minimum atomic E-state index is -3.10. The minimum Gasteiger partial charge on any atom is -0.489 e. The number of aryl methyl sites for hydroxylation is 2. The van der Waals surface area contributed by atoms with Crippen LogP contribution in [0.2, 0.25) is 0 Å². The van der Waals surface area contributed by atoms with Gasteiger partial charge in [0, 0.05) is 11.0 Å². The van der Waals surface area contributed by atoms with Gasteiger partial charge in [-0.3, -0.25) is 0 Å². The van der Waals surface area contributed by atoms with Crippen LogP contribution in [0.15, 0.2) is 16.6 Å². The maximum Gasteiger partial charge on any atom is 0.211 e. The quantitative estimate of drug-likeness (QED) is 0.843. The van der Waals surface area contributed by atoms with Crippen molar-refractivity contribution in [3.8, 4) is 5.75 Å². The Hall–Kier alpha value is -0.590. The summed E-state index contributed by atoms with van der Waals surface area (Å²) >= 11 is 3.52. The van der Waals surface area contributed by atoms with E-state index in [1.165, 1.54) is 10.6 Å². The van der Waals surface area contributed by atoms with E-state index in [0.29, 0.717) is 13.1 Å². The molecule has 1 aromatic carbocycles. The summed E-state index contributed by atoms with van der Waals surface area (Å²) in [4.78, 5) is 0. The zero-order valence-electron chi connectivity index (χ0n) is 11.3. The molecular formula is C13H18BrNO3S. The largest absolute Gasteiger partial charge is 0.489 e. The van der Waals surface area contributed by atoms with E-state index in [1.807, 2.05) is 26.0 Å². The van der Waals surface area contributed by atoms with Crippen molar-refractivity contribution in [2.45, 2.75) is 26.4 Å². The Morgan fingerprint density at radius 3 is 2.37 bits per heavy atom. The Kier molecular flexibility index (Phi) is 4.23. The third-order valence-corrected chi connectivity index (χ3v) is 5.81. The molecule has 1 atom stereocenters. The smallest absolute Gasteiger partial charge is 0.211 e. The van der Waals surface area contributed by atoms with E-state index in [2.05, 4.69) is 15.9 Å². The van der Waals surface area contributed by atoms with Crippen LogP contribution in [0.1, 0.15) is 17.5 Å². The topological polar surface area (TPSA) is 46.6 Å². The van der Waals surface area contributed by atoms with Crippen LogP contribution >= 0.6 is 15.9 Å². The van der Waals surface area contributed by atoms with Crippen LogP contribution in [-0.4, -0.2) is 38.2 Å². The molecule has 1 aliphatic rings. The summed E-state index contributed by atoms with van der Waals surface area (Å²) in [7, 11) is -3.10. The Labute approximate surface area is 122 Å². The highest BCUT2D eigenvalue weighted by Crippen LogP contribution is 2.28. The molecule has 0 aromatic heterocycles. The van der Waals surface area contributed by atoms with Crippen molar-refractivity contribution in [3.05, 3.63) is 27.7 Å². The number of benzene rings is 1. The average Bonchev–Trinajstić information content (AvgIpc) is 2.74. The van der Waals surface area contributed by atoms with Gasteiger partial charge in [-0.05, 0) is 43.5 Å². The lowest BCUT2D eigenvalue weighted by atomic mass is 10.1. The van der Waals surface area contributed by atoms with Gasteiger partial charge in [-0.25, -0.2) is 8.42 Å². The summed E-state index contributed by atoms with van der Waals surface area (Å²) in [5, 5.41) is 0. The van der Waals surface area contributed by atoms with Crippen molar-refractivity contribution in [2.24, 2.45) is 0 Å². The van der Waals surface area contributed by atoms with E-state index < -0.39 is 10.0 Å². The second-order valence-corrected chi connectivity index (χ2v) is 7.80. The lowest BCUT2D eigenvalue weighted by molar-refractivity contribution is 0.215. The summed E-state index contributed by atoms with van der Waals surface area (Å²) in [6, 6.07) is 3.94. The molecule has 1 fully saturated rings. The first kappa shape index (κ1) is 14.8. The van der Waals surface area contributed by atoms with Crippen LogP contribution in [0.5, 0.6) is 5.75 Å². The first-order valence-corrected chi connectivity index (χ1v) is 8.80. The lowest BCUT2D eigenvalue weighted by Crippen LogP contribution is -2.29. The van der Waals surface area contributed by atoms with E-state index in [0.717, 1.165) is 27.8 Å². The zero-order chi connectivity index (χ0) is 14.2.